The van der Waals surface area contributed by atoms with Crippen LogP contribution in [-0.2, 0) is 11.3 Å². The zero-order chi connectivity index (χ0) is 21.8. The van der Waals surface area contributed by atoms with Crippen molar-refractivity contribution in [3.05, 3.63) is 88.6 Å². The van der Waals surface area contributed by atoms with E-state index in [9.17, 15) is 14.9 Å². The summed E-state index contributed by atoms with van der Waals surface area (Å²) >= 11 is 0. The number of benzene rings is 2. The second kappa shape index (κ2) is 8.54. The van der Waals surface area contributed by atoms with Gasteiger partial charge in [0.05, 0.1) is 21.7 Å². The lowest BCUT2D eigenvalue weighted by Gasteiger charge is -2.08. The summed E-state index contributed by atoms with van der Waals surface area (Å²) in [6.45, 7) is 1.72. The van der Waals surface area contributed by atoms with Gasteiger partial charge in [-0.2, -0.15) is 5.10 Å². The molecule has 0 bridgehead atoms. The summed E-state index contributed by atoms with van der Waals surface area (Å²) in [7, 11) is 0. The predicted octanol–water partition coefficient (Wildman–Crippen LogP) is 3.55. The number of nitrogens with one attached hydrogen (secondary N) is 1. The lowest BCUT2D eigenvalue weighted by Crippen LogP contribution is -2.24. The molecule has 9 heteroatoms. The van der Waals surface area contributed by atoms with Crippen LogP contribution in [0.15, 0.2) is 78.0 Å². The number of para-hydroxylation sites is 2. The first kappa shape index (κ1) is 19.9. The number of hydrogen-bond donors (Lipinski definition) is 1. The summed E-state index contributed by atoms with van der Waals surface area (Å²) in [5.41, 5.74) is 5.99. The van der Waals surface area contributed by atoms with Crippen LogP contribution in [0.25, 0.3) is 22.6 Å². The number of hydrazone groups is 1. The first-order valence-electron chi connectivity index (χ1n) is 9.47. The molecular formula is C22H18N6O3. The zero-order valence-electron chi connectivity index (χ0n) is 16.6. The maximum atomic E-state index is 12.6. The average Bonchev–Trinajstić information content (AvgIpc) is 3.16. The van der Waals surface area contributed by atoms with Crippen molar-refractivity contribution in [1.82, 2.24) is 20.0 Å². The number of fused-ring (bicyclic) bond motifs is 1. The second-order valence-electron chi connectivity index (χ2n) is 6.76. The third-order valence-corrected chi connectivity index (χ3v) is 4.69. The first-order valence-corrected chi connectivity index (χ1v) is 9.47. The van der Waals surface area contributed by atoms with Gasteiger partial charge in [-0.15, -0.1) is 0 Å². The Balaban J connectivity index is 1.56. The normalized spacial score (nSPS) is 11.5. The highest BCUT2D eigenvalue weighted by atomic mass is 16.6. The van der Waals surface area contributed by atoms with Crippen molar-refractivity contribution >= 4 is 28.3 Å². The van der Waals surface area contributed by atoms with Crippen LogP contribution in [0.2, 0.25) is 0 Å². The average molecular weight is 414 g/mol. The Morgan fingerprint density at radius 3 is 2.55 bits per heavy atom. The summed E-state index contributed by atoms with van der Waals surface area (Å²) < 4.78 is 1.80. The lowest BCUT2D eigenvalue weighted by molar-refractivity contribution is -0.384. The number of pyridine rings is 1. The van der Waals surface area contributed by atoms with E-state index >= 15 is 0 Å². The Morgan fingerprint density at radius 1 is 1.10 bits per heavy atom. The van der Waals surface area contributed by atoms with E-state index in [0.29, 0.717) is 22.8 Å². The number of carbonyl (C=O) groups is 1. The van der Waals surface area contributed by atoms with Crippen molar-refractivity contribution in [3.63, 3.8) is 0 Å². The van der Waals surface area contributed by atoms with E-state index in [-0.39, 0.29) is 18.1 Å². The van der Waals surface area contributed by atoms with Gasteiger partial charge in [-0.05, 0) is 48.9 Å². The Bertz CT molecular complexity index is 1280. The fourth-order valence-corrected chi connectivity index (χ4v) is 3.14. The minimum Gasteiger partial charge on any atom is -0.313 e. The van der Waals surface area contributed by atoms with Gasteiger partial charge in [0.2, 0.25) is 0 Å². The fraction of sp³-hybridized carbons (Fsp3) is 0.0909. The summed E-state index contributed by atoms with van der Waals surface area (Å²) in [6.07, 6.45) is 1.68. The van der Waals surface area contributed by atoms with E-state index in [0.717, 1.165) is 11.0 Å². The standard InChI is InChI=1S/C22H18N6O3/c1-15(16-9-11-17(12-10-16)28(30)31)25-26-21(29)14-27-20-8-3-2-6-18(20)24-22(27)19-7-4-5-13-23-19/h2-13H,14H2,1H3,(H,26,29)/b25-15+. The highest BCUT2D eigenvalue weighted by Crippen LogP contribution is 2.23. The van der Waals surface area contributed by atoms with Crippen LogP contribution in [0.4, 0.5) is 5.69 Å². The van der Waals surface area contributed by atoms with Crippen LogP contribution in [0.5, 0.6) is 0 Å². The molecule has 0 atom stereocenters. The number of nitro benzene ring substituents is 1. The van der Waals surface area contributed by atoms with E-state index in [2.05, 4.69) is 20.5 Å². The zero-order valence-corrected chi connectivity index (χ0v) is 16.6. The molecular weight excluding hydrogens is 396 g/mol. The number of carbonyl (C=O) groups excluding carboxylic acids is 1. The Kier molecular flexibility index (Phi) is 5.48. The number of nitro groups is 1. The number of amides is 1. The minimum atomic E-state index is -0.466. The van der Waals surface area contributed by atoms with E-state index in [4.69, 9.17) is 0 Å². The molecule has 31 heavy (non-hydrogen) atoms. The van der Waals surface area contributed by atoms with Gasteiger partial charge >= 0.3 is 0 Å². The Morgan fingerprint density at radius 2 is 1.84 bits per heavy atom. The number of hydrogen-bond acceptors (Lipinski definition) is 6. The highest BCUT2D eigenvalue weighted by Gasteiger charge is 2.16. The van der Waals surface area contributed by atoms with Crippen LogP contribution >= 0.6 is 0 Å². The van der Waals surface area contributed by atoms with Crippen molar-refractivity contribution in [3.8, 4) is 11.5 Å². The van der Waals surface area contributed by atoms with Gasteiger partial charge in [0, 0.05) is 18.3 Å². The molecule has 2 aromatic heterocycles. The Labute approximate surface area is 177 Å². The molecule has 9 nitrogen and oxygen atoms in total. The van der Waals surface area contributed by atoms with Gasteiger partial charge in [0.15, 0.2) is 5.82 Å². The maximum absolute atomic E-state index is 12.6. The Hall–Kier alpha value is -4.40. The fourth-order valence-electron chi connectivity index (χ4n) is 3.14. The number of nitrogens with zero attached hydrogens (tertiary/aromatic N) is 5. The van der Waals surface area contributed by atoms with Crippen LogP contribution in [-0.4, -0.2) is 31.1 Å². The number of rotatable bonds is 6. The molecule has 2 aromatic carbocycles. The summed E-state index contributed by atoms with van der Waals surface area (Å²) in [5, 5.41) is 14.9. The monoisotopic (exact) mass is 414 g/mol. The second-order valence-corrected chi connectivity index (χ2v) is 6.76. The molecule has 2 heterocycles. The van der Waals surface area contributed by atoms with Crippen LogP contribution in [0, 0.1) is 10.1 Å². The third-order valence-electron chi connectivity index (χ3n) is 4.69. The third kappa shape index (κ3) is 4.30. The summed E-state index contributed by atoms with van der Waals surface area (Å²) in [6, 6.07) is 19.0. The summed E-state index contributed by atoms with van der Waals surface area (Å²) in [4.78, 5) is 31.9. The topological polar surface area (TPSA) is 115 Å². The van der Waals surface area contributed by atoms with Crippen molar-refractivity contribution in [2.45, 2.75) is 13.5 Å². The molecule has 0 spiro atoms. The van der Waals surface area contributed by atoms with E-state index in [1.807, 2.05) is 42.5 Å². The van der Waals surface area contributed by atoms with Crippen LogP contribution in [0.3, 0.4) is 0 Å². The SMILES string of the molecule is C/C(=N\NC(=O)Cn1c(-c2ccccn2)nc2ccccc21)c1ccc([N+](=O)[O-])cc1. The van der Waals surface area contributed by atoms with Gasteiger partial charge in [-0.3, -0.25) is 19.9 Å². The molecule has 0 aliphatic heterocycles. The number of imidazole rings is 1. The summed E-state index contributed by atoms with van der Waals surface area (Å²) in [5.74, 6) is 0.259. The van der Waals surface area contributed by atoms with Crippen molar-refractivity contribution in [1.29, 1.82) is 0 Å². The first-order chi connectivity index (χ1) is 15.0. The lowest BCUT2D eigenvalue weighted by atomic mass is 10.1. The van der Waals surface area contributed by atoms with Gasteiger partial charge in [-0.1, -0.05) is 18.2 Å². The molecule has 0 saturated heterocycles. The van der Waals surface area contributed by atoms with E-state index < -0.39 is 4.92 Å². The van der Waals surface area contributed by atoms with Crippen molar-refractivity contribution < 1.29 is 9.72 Å². The molecule has 1 N–H and O–H groups in total. The molecule has 154 valence electrons. The molecule has 1 amide bonds. The largest absolute Gasteiger partial charge is 0.313 e. The number of non-ortho nitro benzene ring substituents is 1. The van der Waals surface area contributed by atoms with E-state index in [1.54, 1.807) is 29.8 Å². The molecule has 0 aliphatic rings. The molecule has 0 radical (unpaired) electrons. The van der Waals surface area contributed by atoms with Crippen LogP contribution < -0.4 is 5.43 Å². The maximum Gasteiger partial charge on any atom is 0.269 e. The number of aromatic nitrogens is 3. The molecule has 0 fully saturated rings. The van der Waals surface area contributed by atoms with Crippen molar-refractivity contribution in [2.75, 3.05) is 0 Å². The minimum absolute atomic E-state index is 0.00343. The highest BCUT2D eigenvalue weighted by molar-refractivity contribution is 5.99. The quantitative estimate of drug-likeness (QED) is 0.294. The van der Waals surface area contributed by atoms with Gasteiger partial charge in [0.1, 0.15) is 12.2 Å². The van der Waals surface area contributed by atoms with Crippen LogP contribution in [0.1, 0.15) is 12.5 Å². The predicted molar refractivity (Wildman–Crippen MR) is 116 cm³/mol. The van der Waals surface area contributed by atoms with Gasteiger partial charge in [-0.25, -0.2) is 10.4 Å². The smallest absolute Gasteiger partial charge is 0.269 e. The molecule has 4 rings (SSSR count). The van der Waals surface area contributed by atoms with Crippen molar-refractivity contribution in [2.24, 2.45) is 5.10 Å². The molecule has 4 aromatic rings. The van der Waals surface area contributed by atoms with Gasteiger partial charge in [0.25, 0.3) is 11.6 Å². The molecule has 0 aliphatic carbocycles. The molecule has 0 saturated carbocycles. The van der Waals surface area contributed by atoms with E-state index in [1.165, 1.54) is 12.1 Å². The van der Waals surface area contributed by atoms with Gasteiger partial charge < -0.3 is 4.57 Å². The molecule has 0 unspecified atom stereocenters.